The number of aromatic amines is 1. The number of hydrogen-bond acceptors (Lipinski definition) is 6. The number of rotatable bonds is 5. The Kier molecular flexibility index (Phi) is 5.10. The molecule has 0 fully saturated rings. The Bertz CT molecular complexity index is 1360. The highest BCUT2D eigenvalue weighted by atomic mass is 32.2. The fourth-order valence-corrected chi connectivity index (χ4v) is 4.89. The molecule has 4 aromatic rings. The number of H-pyrrole nitrogens is 1. The van der Waals surface area contributed by atoms with E-state index in [0.717, 1.165) is 16.9 Å². The van der Waals surface area contributed by atoms with Gasteiger partial charge in [-0.25, -0.2) is 8.42 Å². The summed E-state index contributed by atoms with van der Waals surface area (Å²) in [5.41, 5.74) is 2.39. The highest BCUT2D eigenvalue weighted by Gasteiger charge is 2.16. The van der Waals surface area contributed by atoms with E-state index in [1.807, 2.05) is 19.1 Å². The second kappa shape index (κ2) is 7.73. The maximum atomic E-state index is 12.3. The summed E-state index contributed by atoms with van der Waals surface area (Å²) in [5.74, 6) is -0.797. The minimum absolute atomic E-state index is 0.175. The third kappa shape index (κ3) is 3.95. The molecule has 0 bridgehead atoms. The SMILES string of the molecule is Cc1ccc2[nH]c(O)c(N=NC(=O)c3ccc(NS(=O)(=O)c4cccs4)cc3)c2c1. The first-order chi connectivity index (χ1) is 14.3. The van der Waals surface area contributed by atoms with E-state index in [1.165, 1.54) is 30.3 Å². The van der Waals surface area contributed by atoms with Crippen molar-refractivity contribution >= 4 is 49.5 Å². The maximum absolute atomic E-state index is 12.3. The van der Waals surface area contributed by atoms with Gasteiger partial charge in [0.2, 0.25) is 5.88 Å². The van der Waals surface area contributed by atoms with E-state index in [-0.39, 0.29) is 21.3 Å². The zero-order valence-corrected chi connectivity index (χ0v) is 17.3. The molecule has 0 aliphatic rings. The van der Waals surface area contributed by atoms with Gasteiger partial charge >= 0.3 is 0 Å². The molecule has 10 heteroatoms. The first-order valence-electron chi connectivity index (χ1n) is 8.77. The molecule has 2 aromatic carbocycles. The number of azo groups is 1. The Hall–Kier alpha value is -3.50. The lowest BCUT2D eigenvalue weighted by molar-refractivity contribution is 0.0995. The lowest BCUT2D eigenvalue weighted by atomic mass is 10.1. The van der Waals surface area contributed by atoms with Crippen molar-refractivity contribution in [2.75, 3.05) is 4.72 Å². The number of carbonyl (C=O) groups excluding carboxylic acids is 1. The van der Waals surface area contributed by atoms with Crippen LogP contribution in [-0.4, -0.2) is 24.4 Å². The quantitative estimate of drug-likeness (QED) is 0.379. The minimum atomic E-state index is -3.66. The van der Waals surface area contributed by atoms with Crippen LogP contribution in [0.25, 0.3) is 10.9 Å². The number of hydrogen-bond donors (Lipinski definition) is 3. The topological polar surface area (TPSA) is 124 Å². The number of amides is 1. The number of nitrogens with one attached hydrogen (secondary N) is 2. The van der Waals surface area contributed by atoms with Gasteiger partial charge in [0.15, 0.2) is 5.69 Å². The number of sulfonamides is 1. The maximum Gasteiger partial charge on any atom is 0.295 e. The van der Waals surface area contributed by atoms with E-state index in [1.54, 1.807) is 17.5 Å². The van der Waals surface area contributed by atoms with Crippen LogP contribution in [0.2, 0.25) is 0 Å². The molecule has 1 amide bonds. The molecular weight excluding hydrogens is 424 g/mol. The molecule has 152 valence electrons. The number of carbonyl (C=O) groups is 1. The summed E-state index contributed by atoms with van der Waals surface area (Å²) in [6.45, 7) is 1.91. The molecular formula is C20H16N4O4S2. The molecule has 30 heavy (non-hydrogen) atoms. The molecule has 0 radical (unpaired) electrons. The monoisotopic (exact) mass is 440 g/mol. The Balaban J connectivity index is 1.52. The molecule has 0 atom stereocenters. The third-order valence-corrected chi connectivity index (χ3v) is 7.07. The largest absolute Gasteiger partial charge is 0.493 e. The zero-order valence-electron chi connectivity index (χ0n) is 15.7. The Labute approximate surface area is 176 Å². The number of aromatic hydroxyl groups is 1. The molecule has 0 aliphatic carbocycles. The van der Waals surface area contributed by atoms with Crippen LogP contribution in [0.5, 0.6) is 5.88 Å². The summed E-state index contributed by atoms with van der Waals surface area (Å²) in [5, 5.41) is 20.0. The second-order valence-electron chi connectivity index (χ2n) is 6.49. The highest BCUT2D eigenvalue weighted by molar-refractivity contribution is 7.94. The predicted octanol–water partition coefficient (Wildman–Crippen LogP) is 4.97. The summed E-state index contributed by atoms with van der Waals surface area (Å²) in [6, 6.07) is 14.5. The van der Waals surface area contributed by atoms with E-state index < -0.39 is 15.9 Å². The summed E-state index contributed by atoms with van der Waals surface area (Å²) >= 11 is 1.11. The van der Waals surface area contributed by atoms with Crippen molar-refractivity contribution < 1.29 is 18.3 Å². The highest BCUT2D eigenvalue weighted by Crippen LogP contribution is 2.36. The van der Waals surface area contributed by atoms with E-state index in [0.29, 0.717) is 16.6 Å². The molecule has 2 heterocycles. The van der Waals surface area contributed by atoms with Crippen molar-refractivity contribution in [3.8, 4) is 5.88 Å². The normalized spacial score (nSPS) is 11.9. The van der Waals surface area contributed by atoms with Gasteiger partial charge in [-0.2, -0.15) is 0 Å². The van der Waals surface area contributed by atoms with Gasteiger partial charge in [-0.05, 0) is 54.8 Å². The van der Waals surface area contributed by atoms with Crippen LogP contribution in [-0.2, 0) is 10.0 Å². The lowest BCUT2D eigenvalue weighted by Crippen LogP contribution is -2.11. The standard InChI is InChI=1S/C20H16N4O4S2/c1-12-4-9-16-15(11-12)18(20(26)21-16)22-23-19(25)13-5-7-14(8-6-13)24-30(27,28)17-3-2-10-29-17/h2-11,21,24,26H,1H3. The van der Waals surface area contributed by atoms with Crippen molar-refractivity contribution in [1.29, 1.82) is 0 Å². The van der Waals surface area contributed by atoms with Crippen molar-refractivity contribution in [3.05, 3.63) is 71.1 Å². The van der Waals surface area contributed by atoms with Crippen molar-refractivity contribution in [2.45, 2.75) is 11.1 Å². The fourth-order valence-electron chi connectivity index (χ4n) is 2.83. The third-order valence-electron chi connectivity index (χ3n) is 4.29. The number of aryl methyl sites for hydroxylation is 1. The smallest absolute Gasteiger partial charge is 0.295 e. The van der Waals surface area contributed by atoms with Crippen LogP contribution in [0.3, 0.4) is 0 Å². The predicted molar refractivity (Wildman–Crippen MR) is 115 cm³/mol. The van der Waals surface area contributed by atoms with Crippen molar-refractivity contribution in [1.82, 2.24) is 4.98 Å². The lowest BCUT2D eigenvalue weighted by Gasteiger charge is -2.06. The minimum Gasteiger partial charge on any atom is -0.493 e. The Morgan fingerprint density at radius 2 is 1.90 bits per heavy atom. The number of aromatic nitrogens is 1. The van der Waals surface area contributed by atoms with E-state index in [4.69, 9.17) is 0 Å². The molecule has 0 aliphatic heterocycles. The van der Waals surface area contributed by atoms with E-state index >= 15 is 0 Å². The number of thiophene rings is 1. The first kappa shape index (κ1) is 19.8. The van der Waals surface area contributed by atoms with E-state index in [9.17, 15) is 18.3 Å². The van der Waals surface area contributed by atoms with Gasteiger partial charge in [0, 0.05) is 16.6 Å². The van der Waals surface area contributed by atoms with Gasteiger partial charge in [-0.15, -0.1) is 21.6 Å². The first-order valence-corrected chi connectivity index (χ1v) is 11.1. The summed E-state index contributed by atoms with van der Waals surface area (Å²) in [6.07, 6.45) is 0. The second-order valence-corrected chi connectivity index (χ2v) is 9.35. The number of anilines is 1. The average molecular weight is 441 g/mol. The number of fused-ring (bicyclic) bond motifs is 1. The molecule has 0 unspecified atom stereocenters. The van der Waals surface area contributed by atoms with Crippen LogP contribution in [0.1, 0.15) is 15.9 Å². The van der Waals surface area contributed by atoms with Gasteiger partial charge in [-0.3, -0.25) is 9.52 Å². The van der Waals surface area contributed by atoms with Crippen LogP contribution in [0.15, 0.2) is 74.4 Å². The molecule has 4 rings (SSSR count). The van der Waals surface area contributed by atoms with Gasteiger partial charge in [0.05, 0.1) is 5.52 Å². The molecule has 0 saturated carbocycles. The average Bonchev–Trinajstić information content (AvgIpc) is 3.35. The molecule has 0 spiro atoms. The van der Waals surface area contributed by atoms with Crippen LogP contribution in [0.4, 0.5) is 11.4 Å². The molecule has 0 saturated heterocycles. The van der Waals surface area contributed by atoms with Gasteiger partial charge in [0.25, 0.3) is 15.9 Å². The summed E-state index contributed by atoms with van der Waals surface area (Å²) < 4.78 is 27.2. The summed E-state index contributed by atoms with van der Waals surface area (Å²) in [4.78, 5) is 15.1. The molecule has 3 N–H and O–H groups in total. The zero-order chi connectivity index (χ0) is 21.3. The van der Waals surface area contributed by atoms with Crippen LogP contribution < -0.4 is 4.72 Å². The van der Waals surface area contributed by atoms with Crippen molar-refractivity contribution in [2.24, 2.45) is 10.2 Å². The van der Waals surface area contributed by atoms with Gasteiger partial charge in [0.1, 0.15) is 4.21 Å². The number of nitrogens with zero attached hydrogens (tertiary/aromatic N) is 2. The van der Waals surface area contributed by atoms with Gasteiger partial charge in [-0.1, -0.05) is 17.7 Å². The summed E-state index contributed by atoms with van der Waals surface area (Å²) in [7, 11) is -3.66. The van der Waals surface area contributed by atoms with E-state index in [2.05, 4.69) is 19.9 Å². The van der Waals surface area contributed by atoms with Crippen LogP contribution >= 0.6 is 11.3 Å². The van der Waals surface area contributed by atoms with Crippen LogP contribution in [0, 0.1) is 6.92 Å². The van der Waals surface area contributed by atoms with Crippen molar-refractivity contribution in [3.63, 3.8) is 0 Å². The molecule has 8 nitrogen and oxygen atoms in total. The van der Waals surface area contributed by atoms with Gasteiger partial charge < -0.3 is 10.1 Å². The Morgan fingerprint density at radius 1 is 1.13 bits per heavy atom. The number of benzene rings is 2. The molecule has 2 aromatic heterocycles. The fraction of sp³-hybridized carbons (Fsp3) is 0.0500. The Morgan fingerprint density at radius 3 is 2.60 bits per heavy atom.